The number of ether oxygens (including phenoxy) is 1. The third-order valence-corrected chi connectivity index (χ3v) is 4.95. The maximum absolute atomic E-state index is 5.12. The van der Waals surface area contributed by atoms with Crippen LogP contribution in [-0.2, 0) is 17.6 Å². The standard InChI is InChI=1S/C15H26N2OS/c1-5-16-11-9-15(2,3)10-12-14(11)19-13(17-12)7-6-8-18-4/h11,16H,5-10H2,1-4H3. The molecule has 2 rings (SSSR count). The molecule has 1 aliphatic rings. The number of hydrogen-bond acceptors (Lipinski definition) is 4. The summed E-state index contributed by atoms with van der Waals surface area (Å²) < 4.78 is 5.12. The van der Waals surface area contributed by atoms with Gasteiger partial charge in [0.2, 0.25) is 0 Å². The van der Waals surface area contributed by atoms with E-state index in [1.54, 1.807) is 7.11 Å². The molecule has 0 aromatic carbocycles. The largest absolute Gasteiger partial charge is 0.385 e. The second kappa shape index (κ2) is 6.33. The summed E-state index contributed by atoms with van der Waals surface area (Å²) in [5.41, 5.74) is 1.69. The molecule has 0 spiro atoms. The molecule has 19 heavy (non-hydrogen) atoms. The number of aryl methyl sites for hydroxylation is 1. The third-order valence-electron chi connectivity index (χ3n) is 3.68. The van der Waals surface area contributed by atoms with Crippen molar-refractivity contribution >= 4 is 11.3 Å². The zero-order valence-corrected chi connectivity index (χ0v) is 13.4. The Bertz CT molecular complexity index is 414. The highest BCUT2D eigenvalue weighted by atomic mass is 32.1. The van der Waals surface area contributed by atoms with E-state index in [1.807, 2.05) is 11.3 Å². The first-order valence-corrected chi connectivity index (χ1v) is 8.08. The van der Waals surface area contributed by atoms with Crippen LogP contribution in [0.1, 0.15) is 55.2 Å². The lowest BCUT2D eigenvalue weighted by Gasteiger charge is -2.34. The number of nitrogens with zero attached hydrogens (tertiary/aromatic N) is 1. The normalized spacial score (nSPS) is 21.4. The Labute approximate surface area is 120 Å². The first kappa shape index (κ1) is 14.9. The van der Waals surface area contributed by atoms with E-state index in [1.165, 1.54) is 22.0 Å². The molecule has 3 nitrogen and oxygen atoms in total. The van der Waals surface area contributed by atoms with Crippen molar-refractivity contribution in [3.05, 3.63) is 15.6 Å². The number of thiazole rings is 1. The second-order valence-corrected chi connectivity index (χ2v) is 7.29. The first-order chi connectivity index (χ1) is 9.05. The molecule has 108 valence electrons. The first-order valence-electron chi connectivity index (χ1n) is 7.26. The highest BCUT2D eigenvalue weighted by Crippen LogP contribution is 2.43. The van der Waals surface area contributed by atoms with Gasteiger partial charge in [-0.3, -0.25) is 0 Å². The zero-order valence-electron chi connectivity index (χ0n) is 12.6. The summed E-state index contributed by atoms with van der Waals surface area (Å²) in [5, 5.41) is 4.90. The molecule has 1 aromatic rings. The molecule has 1 atom stereocenters. The smallest absolute Gasteiger partial charge is 0.0932 e. The van der Waals surface area contributed by atoms with Crippen molar-refractivity contribution in [1.82, 2.24) is 10.3 Å². The fourth-order valence-electron chi connectivity index (χ4n) is 2.87. The van der Waals surface area contributed by atoms with Gasteiger partial charge in [-0.25, -0.2) is 4.98 Å². The van der Waals surface area contributed by atoms with Crippen molar-refractivity contribution in [1.29, 1.82) is 0 Å². The Morgan fingerprint density at radius 2 is 2.26 bits per heavy atom. The van der Waals surface area contributed by atoms with Crippen LogP contribution in [0.3, 0.4) is 0 Å². The average molecular weight is 282 g/mol. The summed E-state index contributed by atoms with van der Waals surface area (Å²) in [6, 6.07) is 0.498. The quantitative estimate of drug-likeness (QED) is 0.813. The summed E-state index contributed by atoms with van der Waals surface area (Å²) in [7, 11) is 1.76. The van der Waals surface area contributed by atoms with E-state index in [2.05, 4.69) is 26.1 Å². The SMILES string of the molecule is CCNC1CC(C)(C)Cc2nc(CCCOC)sc21. The molecule has 0 aliphatic heterocycles. The van der Waals surface area contributed by atoms with Gasteiger partial charge in [-0.1, -0.05) is 20.8 Å². The molecule has 0 amide bonds. The Morgan fingerprint density at radius 3 is 2.95 bits per heavy atom. The highest BCUT2D eigenvalue weighted by molar-refractivity contribution is 7.11. The van der Waals surface area contributed by atoms with Crippen molar-refractivity contribution in [2.24, 2.45) is 5.41 Å². The molecule has 0 saturated carbocycles. The summed E-state index contributed by atoms with van der Waals surface area (Å²) in [6.07, 6.45) is 4.45. The fraction of sp³-hybridized carbons (Fsp3) is 0.800. The van der Waals surface area contributed by atoms with Crippen LogP contribution in [0.5, 0.6) is 0 Å². The zero-order chi connectivity index (χ0) is 13.9. The van der Waals surface area contributed by atoms with Crippen molar-refractivity contribution in [2.75, 3.05) is 20.3 Å². The van der Waals surface area contributed by atoms with E-state index in [0.29, 0.717) is 11.5 Å². The minimum Gasteiger partial charge on any atom is -0.385 e. The van der Waals surface area contributed by atoms with Gasteiger partial charge in [-0.15, -0.1) is 11.3 Å². The number of rotatable bonds is 6. The molecule has 1 aliphatic carbocycles. The van der Waals surface area contributed by atoms with Crippen LogP contribution in [0.4, 0.5) is 0 Å². The van der Waals surface area contributed by atoms with Crippen LogP contribution in [0.15, 0.2) is 0 Å². The summed E-state index contributed by atoms with van der Waals surface area (Å²) in [4.78, 5) is 6.35. The van der Waals surface area contributed by atoms with E-state index >= 15 is 0 Å². The van der Waals surface area contributed by atoms with Gasteiger partial charge in [0.15, 0.2) is 0 Å². The number of nitrogens with one attached hydrogen (secondary N) is 1. The third kappa shape index (κ3) is 3.77. The maximum Gasteiger partial charge on any atom is 0.0932 e. The lowest BCUT2D eigenvalue weighted by Crippen LogP contribution is -2.32. The molecule has 0 fully saturated rings. The van der Waals surface area contributed by atoms with Crippen molar-refractivity contribution in [3.8, 4) is 0 Å². The van der Waals surface area contributed by atoms with Gasteiger partial charge in [0.05, 0.1) is 10.7 Å². The van der Waals surface area contributed by atoms with E-state index in [-0.39, 0.29) is 0 Å². The van der Waals surface area contributed by atoms with Crippen molar-refractivity contribution < 1.29 is 4.74 Å². The average Bonchev–Trinajstić information content (AvgIpc) is 2.71. The Balaban J connectivity index is 2.13. The molecular weight excluding hydrogens is 256 g/mol. The van der Waals surface area contributed by atoms with Crippen LogP contribution in [0, 0.1) is 5.41 Å². The lowest BCUT2D eigenvalue weighted by atomic mass is 9.76. The molecule has 1 N–H and O–H groups in total. The molecule has 1 unspecified atom stereocenters. The summed E-state index contributed by atoms with van der Waals surface area (Å²) in [5.74, 6) is 0. The van der Waals surface area contributed by atoms with Gasteiger partial charge in [0.25, 0.3) is 0 Å². The van der Waals surface area contributed by atoms with Gasteiger partial charge >= 0.3 is 0 Å². The van der Waals surface area contributed by atoms with Crippen LogP contribution >= 0.6 is 11.3 Å². The molecular formula is C15H26N2OS. The minimum atomic E-state index is 0.359. The van der Waals surface area contributed by atoms with Crippen LogP contribution in [-0.4, -0.2) is 25.2 Å². The van der Waals surface area contributed by atoms with Crippen molar-refractivity contribution in [2.45, 2.75) is 52.5 Å². The fourth-order valence-corrected chi connectivity index (χ4v) is 4.07. The Hall–Kier alpha value is -0.450. The molecule has 4 heteroatoms. The monoisotopic (exact) mass is 282 g/mol. The number of hydrogen-bond donors (Lipinski definition) is 1. The summed E-state index contributed by atoms with van der Waals surface area (Å²) in [6.45, 7) is 8.74. The number of methoxy groups -OCH3 is 1. The van der Waals surface area contributed by atoms with Gasteiger partial charge in [0.1, 0.15) is 0 Å². The molecule has 0 radical (unpaired) electrons. The molecule has 0 saturated heterocycles. The maximum atomic E-state index is 5.12. The number of fused-ring (bicyclic) bond motifs is 1. The van der Waals surface area contributed by atoms with E-state index in [9.17, 15) is 0 Å². The molecule has 0 bridgehead atoms. The van der Waals surface area contributed by atoms with Gasteiger partial charge < -0.3 is 10.1 Å². The molecule has 1 aromatic heterocycles. The van der Waals surface area contributed by atoms with E-state index in [4.69, 9.17) is 9.72 Å². The Morgan fingerprint density at radius 1 is 1.47 bits per heavy atom. The van der Waals surface area contributed by atoms with Gasteiger partial charge in [-0.05, 0) is 31.2 Å². The van der Waals surface area contributed by atoms with Crippen LogP contribution < -0.4 is 5.32 Å². The van der Waals surface area contributed by atoms with Gasteiger partial charge in [-0.2, -0.15) is 0 Å². The predicted molar refractivity (Wildman–Crippen MR) is 80.8 cm³/mol. The van der Waals surface area contributed by atoms with Crippen LogP contribution in [0.2, 0.25) is 0 Å². The predicted octanol–water partition coefficient (Wildman–Crippen LogP) is 3.35. The highest BCUT2D eigenvalue weighted by Gasteiger charge is 2.34. The van der Waals surface area contributed by atoms with Gasteiger partial charge in [0, 0.05) is 31.1 Å². The van der Waals surface area contributed by atoms with Crippen molar-refractivity contribution in [3.63, 3.8) is 0 Å². The lowest BCUT2D eigenvalue weighted by molar-refractivity contribution is 0.195. The van der Waals surface area contributed by atoms with E-state index in [0.717, 1.165) is 32.4 Å². The minimum absolute atomic E-state index is 0.359. The Kier molecular flexibility index (Phi) is 4.98. The van der Waals surface area contributed by atoms with E-state index < -0.39 is 0 Å². The second-order valence-electron chi connectivity index (χ2n) is 6.17. The van der Waals surface area contributed by atoms with Crippen LogP contribution in [0.25, 0.3) is 0 Å². The molecule has 1 heterocycles. The summed E-state index contributed by atoms with van der Waals surface area (Å²) >= 11 is 1.91. The number of aromatic nitrogens is 1. The topological polar surface area (TPSA) is 34.2 Å².